The second kappa shape index (κ2) is 11.2. The highest BCUT2D eigenvalue weighted by atomic mass is 16.5. The third kappa shape index (κ3) is 5.70. The van der Waals surface area contributed by atoms with E-state index >= 15 is 0 Å². The van der Waals surface area contributed by atoms with E-state index in [1.165, 1.54) is 88.4 Å². The third-order valence-corrected chi connectivity index (χ3v) is 10.7. The number of ether oxygens (including phenoxy) is 1. The van der Waals surface area contributed by atoms with Crippen LogP contribution in [-0.2, 0) is 4.74 Å². The molecule has 0 saturated heterocycles. The smallest absolute Gasteiger partial charge is 0.0921 e. The standard InChI is InChI=1S/C30H46N4O/c1-3-25-13-21(1)15-27(25)7-5-23(29-17-31-19-33-29)9-11-35-12-10-24(30-18-32-20-34-30)6-8-28-16-22-2-4-26(28)14-22/h17-28H,1-16H2,(H,31,33)(H,32,34). The summed E-state index contributed by atoms with van der Waals surface area (Å²) in [5, 5.41) is 0. The van der Waals surface area contributed by atoms with Gasteiger partial charge in [0, 0.05) is 48.8 Å². The average Bonchev–Trinajstić information content (AvgIpc) is 3.71. The molecule has 5 nitrogen and oxygen atoms in total. The van der Waals surface area contributed by atoms with Gasteiger partial charge >= 0.3 is 0 Å². The lowest BCUT2D eigenvalue weighted by Gasteiger charge is -2.25. The molecule has 2 N–H and O–H groups in total. The van der Waals surface area contributed by atoms with Crippen LogP contribution in [0.4, 0.5) is 0 Å². The molecule has 4 fully saturated rings. The Balaban J connectivity index is 0.947. The first-order valence-corrected chi connectivity index (χ1v) is 14.9. The molecule has 4 saturated carbocycles. The zero-order chi connectivity index (χ0) is 23.5. The van der Waals surface area contributed by atoms with Gasteiger partial charge in [-0.2, -0.15) is 0 Å². The second-order valence-corrected chi connectivity index (χ2v) is 12.6. The summed E-state index contributed by atoms with van der Waals surface area (Å²) in [7, 11) is 0. The summed E-state index contributed by atoms with van der Waals surface area (Å²) < 4.78 is 6.26. The van der Waals surface area contributed by atoms with Gasteiger partial charge in [-0.1, -0.05) is 12.8 Å². The molecule has 0 amide bonds. The minimum absolute atomic E-state index is 0.554. The van der Waals surface area contributed by atoms with E-state index in [4.69, 9.17) is 4.74 Å². The maximum absolute atomic E-state index is 6.26. The summed E-state index contributed by atoms with van der Waals surface area (Å²) in [5.74, 6) is 7.21. The van der Waals surface area contributed by atoms with Gasteiger partial charge in [-0.15, -0.1) is 0 Å². The molecule has 2 heterocycles. The van der Waals surface area contributed by atoms with Crippen molar-refractivity contribution in [1.82, 2.24) is 19.9 Å². The largest absolute Gasteiger partial charge is 0.381 e. The zero-order valence-electron chi connectivity index (χ0n) is 21.5. The van der Waals surface area contributed by atoms with Crippen molar-refractivity contribution in [2.75, 3.05) is 13.2 Å². The van der Waals surface area contributed by atoms with Gasteiger partial charge in [0.1, 0.15) is 0 Å². The SMILES string of the molecule is c1ncc(C(CCOCCC(CCC2CC3CCC2C3)c2cnc[nH]2)CCC2CC3CCC2C3)[nH]1. The Morgan fingerprint density at radius 2 is 1.20 bits per heavy atom. The van der Waals surface area contributed by atoms with Gasteiger partial charge in [0.15, 0.2) is 0 Å². The normalized spacial score (nSPS) is 33.0. The number of nitrogens with one attached hydrogen (secondary N) is 2. The van der Waals surface area contributed by atoms with Gasteiger partial charge in [-0.25, -0.2) is 9.97 Å². The Hall–Kier alpha value is -1.62. The van der Waals surface area contributed by atoms with Crippen LogP contribution in [0.1, 0.15) is 113 Å². The van der Waals surface area contributed by atoms with E-state index in [9.17, 15) is 0 Å². The van der Waals surface area contributed by atoms with Gasteiger partial charge in [0.05, 0.1) is 12.7 Å². The average molecular weight is 479 g/mol. The van der Waals surface area contributed by atoms with Gasteiger partial charge in [-0.05, 0) is 113 Å². The van der Waals surface area contributed by atoms with Crippen LogP contribution in [0.3, 0.4) is 0 Å². The highest BCUT2D eigenvalue weighted by Gasteiger charge is 2.40. The fraction of sp³-hybridized carbons (Fsp3) is 0.800. The van der Waals surface area contributed by atoms with Crippen molar-refractivity contribution < 1.29 is 4.74 Å². The second-order valence-electron chi connectivity index (χ2n) is 12.6. The molecule has 4 aliphatic rings. The lowest BCUT2D eigenvalue weighted by molar-refractivity contribution is 0.116. The van der Waals surface area contributed by atoms with Crippen LogP contribution in [0.2, 0.25) is 0 Å². The number of fused-ring (bicyclic) bond motifs is 4. The molecular weight excluding hydrogens is 432 g/mol. The summed E-state index contributed by atoms with van der Waals surface area (Å²) in [4.78, 5) is 15.4. The summed E-state index contributed by atoms with van der Waals surface area (Å²) in [6, 6.07) is 0. The first-order chi connectivity index (χ1) is 17.3. The minimum Gasteiger partial charge on any atom is -0.381 e. The first kappa shape index (κ1) is 23.8. The van der Waals surface area contributed by atoms with Gasteiger partial charge in [-0.3, -0.25) is 0 Å². The molecule has 35 heavy (non-hydrogen) atoms. The molecule has 8 unspecified atom stereocenters. The predicted molar refractivity (Wildman–Crippen MR) is 139 cm³/mol. The highest BCUT2D eigenvalue weighted by molar-refractivity contribution is 5.05. The molecular formula is C30H46N4O. The van der Waals surface area contributed by atoms with Crippen molar-refractivity contribution in [3.63, 3.8) is 0 Å². The molecule has 0 spiro atoms. The molecule has 2 aromatic heterocycles. The topological polar surface area (TPSA) is 66.6 Å². The predicted octanol–water partition coefficient (Wildman–Crippen LogP) is 7.23. The van der Waals surface area contributed by atoms with Crippen molar-refractivity contribution in [2.24, 2.45) is 35.5 Å². The maximum Gasteiger partial charge on any atom is 0.0921 e. The number of H-pyrrole nitrogens is 2. The van der Waals surface area contributed by atoms with Crippen molar-refractivity contribution in [2.45, 2.75) is 102 Å². The number of hydrogen-bond acceptors (Lipinski definition) is 3. The fourth-order valence-corrected chi connectivity index (χ4v) is 8.73. The highest BCUT2D eigenvalue weighted by Crippen LogP contribution is 2.51. The van der Waals surface area contributed by atoms with Crippen molar-refractivity contribution in [3.8, 4) is 0 Å². The third-order valence-electron chi connectivity index (χ3n) is 10.7. The zero-order valence-corrected chi connectivity index (χ0v) is 21.5. The molecule has 4 bridgehead atoms. The molecule has 0 aromatic carbocycles. The van der Waals surface area contributed by atoms with E-state index in [2.05, 4.69) is 19.9 Å². The van der Waals surface area contributed by atoms with E-state index in [1.807, 2.05) is 25.0 Å². The number of imidazole rings is 2. The van der Waals surface area contributed by atoms with Gasteiger partial charge in [0.25, 0.3) is 0 Å². The lowest BCUT2D eigenvalue weighted by Crippen LogP contribution is -2.14. The Bertz CT molecular complexity index is 808. The molecule has 0 radical (unpaired) electrons. The van der Waals surface area contributed by atoms with Gasteiger partial charge in [0.2, 0.25) is 0 Å². The van der Waals surface area contributed by atoms with Crippen molar-refractivity contribution in [3.05, 3.63) is 36.4 Å². The van der Waals surface area contributed by atoms with Crippen LogP contribution in [0.5, 0.6) is 0 Å². The Morgan fingerprint density at radius 3 is 1.57 bits per heavy atom. The van der Waals surface area contributed by atoms with E-state index in [-0.39, 0.29) is 0 Å². The van der Waals surface area contributed by atoms with Crippen molar-refractivity contribution >= 4 is 0 Å². The minimum atomic E-state index is 0.554. The number of aromatic amines is 2. The summed E-state index contributed by atoms with van der Waals surface area (Å²) in [5.41, 5.74) is 2.61. The summed E-state index contributed by atoms with van der Waals surface area (Å²) >= 11 is 0. The molecule has 2 aromatic rings. The van der Waals surface area contributed by atoms with Crippen molar-refractivity contribution in [1.29, 1.82) is 0 Å². The maximum atomic E-state index is 6.26. The van der Waals surface area contributed by atoms with Gasteiger partial charge < -0.3 is 14.7 Å². The van der Waals surface area contributed by atoms with Crippen LogP contribution in [0.15, 0.2) is 25.0 Å². The van der Waals surface area contributed by atoms with Crippen LogP contribution >= 0.6 is 0 Å². The number of rotatable bonds is 14. The lowest BCUT2D eigenvalue weighted by atomic mass is 9.82. The van der Waals surface area contributed by atoms with Crippen LogP contribution in [0.25, 0.3) is 0 Å². The first-order valence-electron chi connectivity index (χ1n) is 14.9. The number of aromatic nitrogens is 4. The molecule has 8 atom stereocenters. The van der Waals surface area contributed by atoms with E-state index < -0.39 is 0 Å². The fourth-order valence-electron chi connectivity index (χ4n) is 8.73. The molecule has 192 valence electrons. The van der Waals surface area contributed by atoms with Crippen LogP contribution < -0.4 is 0 Å². The molecule has 0 aliphatic heterocycles. The number of nitrogens with zero attached hydrogens (tertiary/aromatic N) is 2. The molecule has 4 aliphatic carbocycles. The Labute approximate surface area is 211 Å². The van der Waals surface area contributed by atoms with E-state index in [0.717, 1.165) is 61.6 Å². The summed E-state index contributed by atoms with van der Waals surface area (Å²) in [6.07, 6.45) is 27.3. The monoisotopic (exact) mass is 478 g/mol. The molecule has 6 rings (SSSR count). The van der Waals surface area contributed by atoms with E-state index in [0.29, 0.717) is 11.8 Å². The Morgan fingerprint density at radius 1 is 0.686 bits per heavy atom. The Kier molecular flexibility index (Phi) is 7.60. The summed E-state index contributed by atoms with van der Waals surface area (Å²) in [6.45, 7) is 1.70. The van der Waals surface area contributed by atoms with Crippen LogP contribution in [-0.4, -0.2) is 33.1 Å². The van der Waals surface area contributed by atoms with Crippen LogP contribution in [0, 0.1) is 35.5 Å². The quantitative estimate of drug-likeness (QED) is 0.281. The van der Waals surface area contributed by atoms with E-state index in [1.54, 1.807) is 0 Å². The number of hydrogen-bond donors (Lipinski definition) is 2. The molecule has 5 heteroatoms.